The summed E-state index contributed by atoms with van der Waals surface area (Å²) in [5, 5.41) is 22.6. The lowest BCUT2D eigenvalue weighted by Gasteiger charge is -2.28. The molecule has 0 saturated heterocycles. The van der Waals surface area contributed by atoms with Crippen molar-refractivity contribution in [3.63, 3.8) is 0 Å². The van der Waals surface area contributed by atoms with E-state index in [0.29, 0.717) is 6.07 Å². The molecule has 5 atom stereocenters. The van der Waals surface area contributed by atoms with Gasteiger partial charge in [0, 0.05) is 68.4 Å². The lowest BCUT2D eigenvalue weighted by molar-refractivity contribution is -0.137. The molecule has 0 saturated carbocycles. The van der Waals surface area contributed by atoms with Crippen LogP contribution in [0.25, 0.3) is 0 Å². The number of sulfone groups is 1. The monoisotopic (exact) mass is 865 g/mol. The van der Waals surface area contributed by atoms with Crippen molar-refractivity contribution in [2.45, 2.75) is 64.1 Å². The van der Waals surface area contributed by atoms with E-state index < -0.39 is 94.3 Å². The number of anilines is 1. The lowest BCUT2D eigenvalue weighted by Crippen LogP contribution is -2.54. The summed E-state index contributed by atoms with van der Waals surface area (Å²) in [6.07, 6.45) is -2.40. The van der Waals surface area contributed by atoms with Crippen molar-refractivity contribution in [3.05, 3.63) is 131 Å². The second-order valence-corrected chi connectivity index (χ2v) is 17.2. The average molecular weight is 866 g/mol. The van der Waals surface area contributed by atoms with Gasteiger partial charge < -0.3 is 40.7 Å². The predicted molar refractivity (Wildman–Crippen MR) is 226 cm³/mol. The van der Waals surface area contributed by atoms with Gasteiger partial charge in [-0.2, -0.15) is 0 Å². The van der Waals surface area contributed by atoms with Gasteiger partial charge in [-0.05, 0) is 42.2 Å². The maximum atomic E-state index is 14.1. The third kappa shape index (κ3) is 14.9. The van der Waals surface area contributed by atoms with Crippen molar-refractivity contribution in [1.82, 2.24) is 21.3 Å². The Morgan fingerprint density at radius 1 is 0.787 bits per heavy atom. The van der Waals surface area contributed by atoms with Crippen LogP contribution < -0.4 is 30.9 Å². The number of carbonyl (C=O) groups excluding carboxylic acids is 4. The van der Waals surface area contributed by atoms with Crippen LogP contribution in [0.4, 0.5) is 14.5 Å². The summed E-state index contributed by atoms with van der Waals surface area (Å²) < 4.78 is 63.7. The van der Waals surface area contributed by atoms with Crippen LogP contribution in [0.5, 0.6) is 5.75 Å². The smallest absolute Gasteiger partial charge is 0.251 e. The van der Waals surface area contributed by atoms with Crippen molar-refractivity contribution >= 4 is 39.2 Å². The van der Waals surface area contributed by atoms with Crippen LogP contribution in [0.3, 0.4) is 0 Å². The Hall–Kier alpha value is -5.91. The fourth-order valence-electron chi connectivity index (χ4n) is 6.29. The van der Waals surface area contributed by atoms with Gasteiger partial charge in [0.1, 0.15) is 42.0 Å². The number of benzene rings is 4. The highest BCUT2D eigenvalue weighted by molar-refractivity contribution is 7.90. The van der Waals surface area contributed by atoms with Crippen LogP contribution in [0, 0.1) is 17.6 Å². The summed E-state index contributed by atoms with van der Waals surface area (Å²) in [5.74, 6) is -5.57. The normalized spacial score (nSPS) is 13.9. The topological polar surface area (TPSA) is 192 Å². The zero-order chi connectivity index (χ0) is 44.9. The Kier molecular flexibility index (Phi) is 17.3. The quantitative estimate of drug-likeness (QED) is 0.0808. The molecule has 0 radical (unpaired) electrons. The zero-order valence-electron chi connectivity index (χ0n) is 34.9. The molecule has 0 aromatic heterocycles. The van der Waals surface area contributed by atoms with Gasteiger partial charge in [0.05, 0.1) is 18.2 Å². The van der Waals surface area contributed by atoms with E-state index in [9.17, 15) is 41.5 Å². The minimum atomic E-state index is -3.56. The largest absolute Gasteiger partial charge is 0.491 e. The Morgan fingerprint density at radius 3 is 1.92 bits per heavy atom. The van der Waals surface area contributed by atoms with E-state index in [1.54, 1.807) is 20.8 Å². The van der Waals surface area contributed by atoms with E-state index in [1.165, 1.54) is 37.3 Å². The highest BCUT2D eigenvalue weighted by Gasteiger charge is 2.33. The van der Waals surface area contributed by atoms with Gasteiger partial charge in [0.2, 0.25) is 11.8 Å². The molecule has 0 aliphatic rings. The molecule has 0 heterocycles. The first-order valence-corrected chi connectivity index (χ1v) is 21.5. The standard InChI is InChI=1S/C44H53F2N5O9S/c1-27(2)40(44(56)47-24-29-13-9-7-10-14-29)50-43(55)39(59-5)23-38(52)37(25-60-36-21-33(45)20-34(46)22-36)49-42(54)32-17-31(18-35(19-32)51(4)26-61(6,57)58)41(53)48-28(3)30-15-11-8-12-16-30/h7-22,27-28,37-40,52H,23-26H2,1-6H3,(H,47,56)(H,48,53)(H,49,54)(H,50,55)/t28-,37+,38+,39-,40+/m1/s1. The third-order valence-corrected chi connectivity index (χ3v) is 10.5. The number of hydrogen-bond donors (Lipinski definition) is 5. The van der Waals surface area contributed by atoms with Crippen molar-refractivity contribution in [2.75, 3.05) is 37.8 Å². The Bertz CT molecular complexity index is 2210. The van der Waals surface area contributed by atoms with Gasteiger partial charge in [0.15, 0.2) is 9.84 Å². The second-order valence-electron chi connectivity index (χ2n) is 15.1. The fourth-order valence-corrected chi connectivity index (χ4v) is 7.15. The van der Waals surface area contributed by atoms with Crippen LogP contribution in [0.1, 0.15) is 65.1 Å². The molecule has 4 aromatic carbocycles. The maximum absolute atomic E-state index is 14.1. The maximum Gasteiger partial charge on any atom is 0.251 e. The Labute approximate surface area is 354 Å². The van der Waals surface area contributed by atoms with E-state index in [2.05, 4.69) is 21.3 Å². The summed E-state index contributed by atoms with van der Waals surface area (Å²) in [5.41, 5.74) is 1.75. The molecule has 328 valence electrons. The number of ether oxygens (including phenoxy) is 2. The lowest BCUT2D eigenvalue weighted by atomic mass is 10.0. The van der Waals surface area contributed by atoms with E-state index in [1.807, 2.05) is 60.7 Å². The minimum Gasteiger partial charge on any atom is -0.491 e. The molecule has 0 aliphatic carbocycles. The molecule has 0 aliphatic heterocycles. The van der Waals surface area contributed by atoms with Gasteiger partial charge in [-0.3, -0.25) is 19.2 Å². The molecular weight excluding hydrogens is 813 g/mol. The van der Waals surface area contributed by atoms with Crippen LogP contribution in [-0.2, 0) is 30.7 Å². The van der Waals surface area contributed by atoms with E-state index in [-0.39, 0.29) is 35.0 Å². The number of amides is 4. The first kappa shape index (κ1) is 47.8. The molecule has 61 heavy (non-hydrogen) atoms. The fraction of sp³-hybridized carbons (Fsp3) is 0.364. The van der Waals surface area contributed by atoms with E-state index in [0.717, 1.165) is 29.5 Å². The number of rotatable bonds is 21. The summed E-state index contributed by atoms with van der Waals surface area (Å²) in [6.45, 7) is 4.91. The number of nitrogens with one attached hydrogen (secondary N) is 4. The minimum absolute atomic E-state index is 0.0120. The molecule has 0 unspecified atom stereocenters. The third-order valence-electron chi connectivity index (χ3n) is 9.59. The molecule has 14 nitrogen and oxygen atoms in total. The average Bonchev–Trinajstić information content (AvgIpc) is 3.21. The summed E-state index contributed by atoms with van der Waals surface area (Å²) in [6, 6.07) is 22.0. The van der Waals surface area contributed by atoms with Crippen molar-refractivity contribution in [2.24, 2.45) is 5.92 Å². The number of nitrogens with zero attached hydrogens (tertiary/aromatic N) is 1. The van der Waals surface area contributed by atoms with E-state index >= 15 is 0 Å². The van der Waals surface area contributed by atoms with E-state index in [4.69, 9.17) is 9.47 Å². The number of aliphatic hydroxyl groups excluding tert-OH is 1. The van der Waals surface area contributed by atoms with Crippen molar-refractivity contribution < 1.29 is 51.0 Å². The summed E-state index contributed by atoms with van der Waals surface area (Å²) in [7, 11) is -0.869. The van der Waals surface area contributed by atoms with Crippen LogP contribution >= 0.6 is 0 Å². The van der Waals surface area contributed by atoms with Crippen molar-refractivity contribution in [1.29, 1.82) is 0 Å². The number of aliphatic hydroxyl groups is 1. The molecule has 0 bridgehead atoms. The summed E-state index contributed by atoms with van der Waals surface area (Å²) >= 11 is 0. The second kappa shape index (κ2) is 22.1. The Morgan fingerprint density at radius 2 is 1.36 bits per heavy atom. The molecule has 5 N–H and O–H groups in total. The number of halogens is 2. The first-order valence-electron chi connectivity index (χ1n) is 19.5. The van der Waals surface area contributed by atoms with Gasteiger partial charge >= 0.3 is 0 Å². The number of methoxy groups -OCH3 is 1. The SMILES string of the molecule is CO[C@H](C[C@H](O)[C@H](COc1cc(F)cc(F)c1)NC(=O)c1cc(C(=O)N[C@H](C)c2ccccc2)cc(N(C)CS(C)(=O)=O)c1)C(=O)N[C@H](C(=O)NCc1ccccc1)C(C)C. The van der Waals surface area contributed by atoms with Gasteiger partial charge in [0.25, 0.3) is 11.8 Å². The van der Waals surface area contributed by atoms with Gasteiger partial charge in [-0.15, -0.1) is 0 Å². The first-order chi connectivity index (χ1) is 28.8. The highest BCUT2D eigenvalue weighted by Crippen LogP contribution is 2.22. The van der Waals surface area contributed by atoms with Gasteiger partial charge in [-0.25, -0.2) is 17.2 Å². The summed E-state index contributed by atoms with van der Waals surface area (Å²) in [4.78, 5) is 55.8. The number of carbonyl (C=O) groups is 4. The van der Waals surface area contributed by atoms with Crippen molar-refractivity contribution in [3.8, 4) is 5.75 Å². The molecule has 4 aromatic rings. The molecule has 4 amide bonds. The molecule has 0 spiro atoms. The highest BCUT2D eigenvalue weighted by atomic mass is 32.2. The predicted octanol–water partition coefficient (Wildman–Crippen LogP) is 4.29. The molecule has 4 rings (SSSR count). The Balaban J connectivity index is 1.60. The van der Waals surface area contributed by atoms with Crippen LogP contribution in [0.2, 0.25) is 0 Å². The molecule has 17 heteroatoms. The molecule has 0 fully saturated rings. The van der Waals surface area contributed by atoms with Crippen LogP contribution in [-0.4, -0.2) is 94.3 Å². The van der Waals surface area contributed by atoms with Crippen LogP contribution in [0.15, 0.2) is 97.1 Å². The number of hydrogen-bond acceptors (Lipinski definition) is 10. The molecular formula is C44H53F2N5O9S. The van der Waals surface area contributed by atoms with Gasteiger partial charge in [-0.1, -0.05) is 74.5 Å². The zero-order valence-corrected chi connectivity index (χ0v) is 35.7.